The molecule has 0 aromatic heterocycles. The SMILES string of the molecule is COc1ccc(NC(=O)NC(C)c2ccccc2)cc1OCCC(C)C. The molecule has 0 fully saturated rings. The van der Waals surface area contributed by atoms with Gasteiger partial charge in [0.25, 0.3) is 0 Å². The van der Waals surface area contributed by atoms with Crippen LogP contribution in [0.2, 0.25) is 0 Å². The van der Waals surface area contributed by atoms with Crippen molar-refractivity contribution < 1.29 is 14.3 Å². The molecule has 2 rings (SSSR count). The topological polar surface area (TPSA) is 59.6 Å². The van der Waals surface area contributed by atoms with E-state index in [0.29, 0.717) is 29.7 Å². The van der Waals surface area contributed by atoms with Gasteiger partial charge in [-0.15, -0.1) is 0 Å². The van der Waals surface area contributed by atoms with Crippen molar-refractivity contribution >= 4 is 11.7 Å². The molecule has 5 nitrogen and oxygen atoms in total. The fourth-order valence-corrected chi connectivity index (χ4v) is 2.46. The smallest absolute Gasteiger partial charge is 0.319 e. The van der Waals surface area contributed by atoms with E-state index in [1.165, 1.54) is 0 Å². The second-order valence-electron chi connectivity index (χ2n) is 6.63. The molecule has 1 unspecified atom stereocenters. The lowest BCUT2D eigenvalue weighted by atomic mass is 10.1. The number of methoxy groups -OCH3 is 1. The minimum Gasteiger partial charge on any atom is -0.493 e. The summed E-state index contributed by atoms with van der Waals surface area (Å²) in [5.41, 5.74) is 1.71. The fourth-order valence-electron chi connectivity index (χ4n) is 2.46. The predicted octanol–water partition coefficient (Wildman–Crippen LogP) is 5.00. The number of rotatable bonds is 8. The predicted molar refractivity (Wildman–Crippen MR) is 105 cm³/mol. The molecule has 0 aliphatic heterocycles. The Morgan fingerprint density at radius 3 is 2.42 bits per heavy atom. The highest BCUT2D eigenvalue weighted by Gasteiger charge is 2.11. The largest absolute Gasteiger partial charge is 0.493 e. The van der Waals surface area contributed by atoms with Gasteiger partial charge in [0.1, 0.15) is 0 Å². The lowest BCUT2D eigenvalue weighted by molar-refractivity contribution is 0.249. The third-order valence-corrected chi connectivity index (χ3v) is 4.02. The van der Waals surface area contributed by atoms with Crippen molar-refractivity contribution in [2.24, 2.45) is 5.92 Å². The van der Waals surface area contributed by atoms with E-state index in [9.17, 15) is 4.79 Å². The molecule has 0 spiro atoms. The number of amides is 2. The van der Waals surface area contributed by atoms with Crippen LogP contribution in [0.5, 0.6) is 11.5 Å². The van der Waals surface area contributed by atoms with Gasteiger partial charge in [-0.25, -0.2) is 4.79 Å². The Hall–Kier alpha value is -2.69. The van der Waals surface area contributed by atoms with Crippen molar-refractivity contribution in [1.82, 2.24) is 5.32 Å². The van der Waals surface area contributed by atoms with Gasteiger partial charge in [-0.1, -0.05) is 44.2 Å². The molecule has 0 heterocycles. The molecule has 0 aliphatic carbocycles. The summed E-state index contributed by atoms with van der Waals surface area (Å²) < 4.78 is 11.1. The molecule has 5 heteroatoms. The van der Waals surface area contributed by atoms with Crippen molar-refractivity contribution in [3.05, 3.63) is 54.1 Å². The van der Waals surface area contributed by atoms with Gasteiger partial charge in [-0.05, 0) is 37.0 Å². The fraction of sp³-hybridized carbons (Fsp3) is 0.381. The Morgan fingerprint density at radius 2 is 1.77 bits per heavy atom. The quantitative estimate of drug-likeness (QED) is 0.699. The van der Waals surface area contributed by atoms with Crippen LogP contribution in [0, 0.1) is 5.92 Å². The van der Waals surface area contributed by atoms with Gasteiger partial charge >= 0.3 is 6.03 Å². The second-order valence-corrected chi connectivity index (χ2v) is 6.63. The average molecular weight is 356 g/mol. The van der Waals surface area contributed by atoms with Crippen LogP contribution in [0.15, 0.2) is 48.5 Å². The number of benzene rings is 2. The van der Waals surface area contributed by atoms with E-state index in [2.05, 4.69) is 24.5 Å². The third-order valence-electron chi connectivity index (χ3n) is 4.02. The van der Waals surface area contributed by atoms with Crippen LogP contribution in [0.1, 0.15) is 38.8 Å². The first kappa shape index (κ1) is 19.6. The number of hydrogen-bond acceptors (Lipinski definition) is 3. The van der Waals surface area contributed by atoms with E-state index in [1.54, 1.807) is 25.3 Å². The highest BCUT2D eigenvalue weighted by Crippen LogP contribution is 2.30. The van der Waals surface area contributed by atoms with Gasteiger partial charge in [0.05, 0.1) is 19.8 Å². The Labute approximate surface area is 155 Å². The maximum Gasteiger partial charge on any atom is 0.319 e. The average Bonchev–Trinajstić information content (AvgIpc) is 2.62. The first-order valence-corrected chi connectivity index (χ1v) is 8.93. The number of carbonyl (C=O) groups is 1. The third kappa shape index (κ3) is 5.99. The summed E-state index contributed by atoms with van der Waals surface area (Å²) >= 11 is 0. The Balaban J connectivity index is 1.98. The van der Waals surface area contributed by atoms with Crippen molar-refractivity contribution in [2.75, 3.05) is 19.0 Å². The van der Waals surface area contributed by atoms with Crippen LogP contribution in [0.3, 0.4) is 0 Å². The highest BCUT2D eigenvalue weighted by molar-refractivity contribution is 5.89. The van der Waals surface area contributed by atoms with Crippen LogP contribution >= 0.6 is 0 Å². The molecule has 2 amide bonds. The molecule has 140 valence electrons. The Morgan fingerprint density at radius 1 is 1.04 bits per heavy atom. The molecule has 26 heavy (non-hydrogen) atoms. The first-order valence-electron chi connectivity index (χ1n) is 8.93. The molecule has 0 bridgehead atoms. The van der Waals surface area contributed by atoms with Gasteiger partial charge in [0.15, 0.2) is 11.5 Å². The lowest BCUT2D eigenvalue weighted by Crippen LogP contribution is -2.31. The maximum absolute atomic E-state index is 12.3. The van der Waals surface area contributed by atoms with E-state index in [1.807, 2.05) is 37.3 Å². The molecular formula is C21H28N2O3. The first-order chi connectivity index (χ1) is 12.5. The summed E-state index contributed by atoms with van der Waals surface area (Å²) in [5, 5.41) is 5.78. The number of ether oxygens (including phenoxy) is 2. The van der Waals surface area contributed by atoms with Crippen LogP contribution in [0.4, 0.5) is 10.5 Å². The zero-order valence-corrected chi connectivity index (χ0v) is 15.9. The van der Waals surface area contributed by atoms with Gasteiger partial charge in [0, 0.05) is 11.8 Å². The van der Waals surface area contributed by atoms with E-state index >= 15 is 0 Å². The number of carbonyl (C=O) groups excluding carboxylic acids is 1. The number of nitrogens with one attached hydrogen (secondary N) is 2. The highest BCUT2D eigenvalue weighted by atomic mass is 16.5. The number of hydrogen-bond donors (Lipinski definition) is 2. The lowest BCUT2D eigenvalue weighted by Gasteiger charge is -2.16. The summed E-state index contributed by atoms with van der Waals surface area (Å²) in [6.45, 7) is 6.85. The van der Waals surface area contributed by atoms with Crippen LogP contribution in [-0.4, -0.2) is 19.7 Å². The summed E-state index contributed by atoms with van der Waals surface area (Å²) in [4.78, 5) is 12.3. The molecular weight excluding hydrogens is 328 g/mol. The van der Waals surface area contributed by atoms with E-state index in [-0.39, 0.29) is 12.1 Å². The summed E-state index contributed by atoms with van der Waals surface area (Å²) in [6.07, 6.45) is 0.954. The van der Waals surface area contributed by atoms with E-state index < -0.39 is 0 Å². The maximum atomic E-state index is 12.3. The standard InChI is InChI=1S/C21H28N2O3/c1-15(2)12-13-26-20-14-18(10-11-19(20)25-4)23-21(24)22-16(3)17-8-6-5-7-9-17/h5-11,14-16H,12-13H2,1-4H3,(H2,22,23,24). The molecule has 0 radical (unpaired) electrons. The van der Waals surface area contributed by atoms with Crippen LogP contribution in [-0.2, 0) is 0 Å². The Bertz CT molecular complexity index is 702. The molecule has 0 saturated heterocycles. The normalized spacial score (nSPS) is 11.7. The van der Waals surface area contributed by atoms with Crippen molar-refractivity contribution in [1.29, 1.82) is 0 Å². The molecule has 2 aromatic rings. The number of urea groups is 1. The summed E-state index contributed by atoms with van der Waals surface area (Å²) in [6, 6.07) is 14.8. The molecule has 1 atom stereocenters. The number of anilines is 1. The van der Waals surface area contributed by atoms with Crippen molar-refractivity contribution in [3.63, 3.8) is 0 Å². The van der Waals surface area contributed by atoms with Crippen LogP contribution < -0.4 is 20.1 Å². The van der Waals surface area contributed by atoms with Crippen molar-refractivity contribution in [2.45, 2.75) is 33.2 Å². The molecule has 2 aromatic carbocycles. The monoisotopic (exact) mass is 356 g/mol. The molecule has 2 N–H and O–H groups in total. The van der Waals surface area contributed by atoms with Gasteiger partial charge in [-0.2, -0.15) is 0 Å². The molecule has 0 saturated carbocycles. The van der Waals surface area contributed by atoms with E-state index in [4.69, 9.17) is 9.47 Å². The minimum atomic E-state index is -0.264. The zero-order valence-electron chi connectivity index (χ0n) is 15.9. The zero-order chi connectivity index (χ0) is 18.9. The Kier molecular flexibility index (Phi) is 7.33. The molecule has 0 aliphatic rings. The van der Waals surface area contributed by atoms with Gasteiger partial charge in [-0.3, -0.25) is 0 Å². The van der Waals surface area contributed by atoms with Gasteiger partial charge in [0.2, 0.25) is 0 Å². The van der Waals surface area contributed by atoms with E-state index in [0.717, 1.165) is 12.0 Å². The van der Waals surface area contributed by atoms with Gasteiger partial charge < -0.3 is 20.1 Å². The summed E-state index contributed by atoms with van der Waals surface area (Å²) in [7, 11) is 1.60. The van der Waals surface area contributed by atoms with Crippen molar-refractivity contribution in [3.8, 4) is 11.5 Å². The second kappa shape index (κ2) is 9.70. The minimum absolute atomic E-state index is 0.0868. The summed E-state index contributed by atoms with van der Waals surface area (Å²) in [5.74, 6) is 1.84. The van der Waals surface area contributed by atoms with Crippen LogP contribution in [0.25, 0.3) is 0 Å².